The molecular weight excluding hydrogens is 208 g/mol. The normalized spacial score (nSPS) is 11.4. The molecule has 0 aromatic rings. The first kappa shape index (κ1) is 13.5. The molecule has 0 aromatic heterocycles. The van der Waals surface area contributed by atoms with Crippen molar-refractivity contribution in [1.82, 2.24) is 0 Å². The maximum absolute atomic E-state index is 10.4. The Morgan fingerprint density at radius 3 is 1.93 bits per heavy atom. The van der Waals surface area contributed by atoms with Gasteiger partial charge in [-0.2, -0.15) is 0 Å². The summed E-state index contributed by atoms with van der Waals surface area (Å²) in [5, 5.41) is 0. The maximum Gasteiger partial charge on any atom is 0.679 e. The van der Waals surface area contributed by atoms with Crippen LogP contribution in [-0.2, 0) is 27.2 Å². The van der Waals surface area contributed by atoms with Crippen molar-refractivity contribution in [2.45, 2.75) is 6.92 Å². The molecule has 7 heteroatoms. The third-order valence-electron chi connectivity index (χ3n) is 1.42. The van der Waals surface area contributed by atoms with Gasteiger partial charge in [-0.15, -0.1) is 0 Å². The fourth-order valence-corrected chi connectivity index (χ4v) is 1.97. The molecular formula is C7H16O6Si. The first-order valence-electron chi connectivity index (χ1n) is 4.03. The second kappa shape index (κ2) is 6.90. The molecule has 0 spiro atoms. The second-order valence-electron chi connectivity index (χ2n) is 2.30. The van der Waals surface area contributed by atoms with E-state index >= 15 is 0 Å². The van der Waals surface area contributed by atoms with Crippen molar-refractivity contribution in [2.24, 2.45) is 0 Å². The Morgan fingerprint density at radius 1 is 1.07 bits per heavy atom. The average Bonchev–Trinajstić information content (AvgIpc) is 2.19. The van der Waals surface area contributed by atoms with Crippen molar-refractivity contribution < 1.29 is 27.2 Å². The fourth-order valence-electron chi connectivity index (χ4n) is 0.779. The number of carbonyl (C=O) groups is 1. The van der Waals surface area contributed by atoms with Gasteiger partial charge in [0.25, 0.3) is 0 Å². The molecule has 0 atom stereocenters. The van der Waals surface area contributed by atoms with E-state index in [0.29, 0.717) is 0 Å². The highest BCUT2D eigenvalue weighted by molar-refractivity contribution is 6.53. The Morgan fingerprint density at radius 2 is 1.57 bits per heavy atom. The Hall–Kier alpha value is -0.473. The van der Waals surface area contributed by atoms with Gasteiger partial charge in [0.1, 0.15) is 6.61 Å². The van der Waals surface area contributed by atoms with E-state index in [9.17, 15) is 4.79 Å². The molecule has 0 saturated carbocycles. The van der Waals surface area contributed by atoms with E-state index < -0.39 is 9.05 Å². The fraction of sp³-hybridized carbons (Fsp3) is 0.857. The molecule has 0 saturated heterocycles. The molecule has 0 bridgehead atoms. The van der Waals surface area contributed by atoms with Gasteiger partial charge in [0.15, 0.2) is 0 Å². The molecule has 0 heterocycles. The lowest BCUT2D eigenvalue weighted by Crippen LogP contribution is -2.47. The molecule has 0 rings (SSSR count). The van der Waals surface area contributed by atoms with Crippen molar-refractivity contribution >= 4 is 15.0 Å². The van der Waals surface area contributed by atoms with Gasteiger partial charge in [-0.1, -0.05) is 0 Å². The maximum atomic E-state index is 10.4. The zero-order chi connectivity index (χ0) is 11.0. The Bertz CT molecular complexity index is 161. The smallest absolute Gasteiger partial charge is 0.463 e. The van der Waals surface area contributed by atoms with Crippen LogP contribution in [-0.4, -0.2) is 49.6 Å². The molecule has 0 N–H and O–H groups in total. The van der Waals surface area contributed by atoms with Gasteiger partial charge in [-0.3, -0.25) is 4.79 Å². The highest BCUT2D eigenvalue weighted by Crippen LogP contribution is 2.07. The second-order valence-corrected chi connectivity index (χ2v) is 4.81. The topological polar surface area (TPSA) is 63.2 Å². The zero-order valence-electron chi connectivity index (χ0n) is 8.86. The van der Waals surface area contributed by atoms with Crippen LogP contribution in [0.2, 0.25) is 0 Å². The summed E-state index contributed by atoms with van der Waals surface area (Å²) in [5.41, 5.74) is 0. The first-order valence-corrected chi connectivity index (χ1v) is 5.66. The molecule has 0 unspecified atom stereocenters. The largest absolute Gasteiger partial charge is 0.679 e. The van der Waals surface area contributed by atoms with Crippen LogP contribution >= 0.6 is 0 Å². The van der Waals surface area contributed by atoms with Crippen LogP contribution < -0.4 is 0 Å². The van der Waals surface area contributed by atoms with Crippen LogP contribution in [0.3, 0.4) is 0 Å². The number of hydrogen-bond donors (Lipinski definition) is 0. The summed E-state index contributed by atoms with van der Waals surface area (Å²) in [6, 6.07) is 0. The van der Waals surface area contributed by atoms with E-state index in [2.05, 4.69) is 4.74 Å². The van der Waals surface area contributed by atoms with Gasteiger partial charge in [-0.05, 0) is 0 Å². The summed E-state index contributed by atoms with van der Waals surface area (Å²) >= 11 is 0. The lowest BCUT2D eigenvalue weighted by molar-refractivity contribution is -0.142. The van der Waals surface area contributed by atoms with Crippen LogP contribution in [0.5, 0.6) is 0 Å². The molecule has 0 aliphatic carbocycles. The Balaban J connectivity index is 3.77. The van der Waals surface area contributed by atoms with Gasteiger partial charge in [0.05, 0.1) is 6.61 Å². The first-order chi connectivity index (χ1) is 6.60. The van der Waals surface area contributed by atoms with Gasteiger partial charge < -0.3 is 22.4 Å². The third-order valence-corrected chi connectivity index (χ3v) is 3.48. The Kier molecular flexibility index (Phi) is 6.67. The monoisotopic (exact) mass is 224 g/mol. The molecule has 6 nitrogen and oxygen atoms in total. The molecule has 14 heavy (non-hydrogen) atoms. The lowest BCUT2D eigenvalue weighted by Gasteiger charge is -2.22. The highest BCUT2D eigenvalue weighted by Gasteiger charge is 2.42. The summed E-state index contributed by atoms with van der Waals surface area (Å²) in [4.78, 5) is 10.4. The van der Waals surface area contributed by atoms with Gasteiger partial charge in [0, 0.05) is 28.3 Å². The summed E-state index contributed by atoms with van der Waals surface area (Å²) in [7, 11) is 1.33. The third kappa shape index (κ3) is 4.68. The number of rotatable bonds is 7. The van der Waals surface area contributed by atoms with Crippen molar-refractivity contribution in [3.63, 3.8) is 0 Å². The number of ether oxygens (including phenoxy) is 1. The summed E-state index contributed by atoms with van der Waals surface area (Å²) in [6.45, 7) is 1.66. The molecule has 0 aliphatic heterocycles. The standard InChI is InChI=1S/C7H16O6Si/c1-7(8)12-5-6-13-14(9-2,10-3)11-4/h5-6H2,1-4H3. The number of carbonyl (C=O) groups excluding carboxylic acids is 1. The molecule has 0 aromatic carbocycles. The quantitative estimate of drug-likeness (QED) is 0.343. The summed E-state index contributed by atoms with van der Waals surface area (Å²) in [6.07, 6.45) is 0. The van der Waals surface area contributed by atoms with Crippen LogP contribution in [0.15, 0.2) is 0 Å². The van der Waals surface area contributed by atoms with Gasteiger partial charge in [-0.25, -0.2) is 0 Å². The zero-order valence-corrected chi connectivity index (χ0v) is 9.86. The van der Waals surface area contributed by atoms with Crippen molar-refractivity contribution in [2.75, 3.05) is 34.5 Å². The van der Waals surface area contributed by atoms with E-state index in [0.717, 1.165) is 0 Å². The van der Waals surface area contributed by atoms with Gasteiger partial charge >= 0.3 is 15.0 Å². The predicted octanol–water partition coefficient (Wildman–Crippen LogP) is -0.0591. The average molecular weight is 224 g/mol. The van der Waals surface area contributed by atoms with Crippen LogP contribution in [0.25, 0.3) is 0 Å². The van der Waals surface area contributed by atoms with Crippen LogP contribution in [0, 0.1) is 0 Å². The minimum Gasteiger partial charge on any atom is -0.463 e. The van der Waals surface area contributed by atoms with E-state index in [1.54, 1.807) is 0 Å². The van der Waals surface area contributed by atoms with Crippen molar-refractivity contribution in [3.05, 3.63) is 0 Å². The minimum absolute atomic E-state index is 0.153. The number of esters is 1. The molecule has 84 valence electrons. The highest BCUT2D eigenvalue weighted by atomic mass is 28.4. The minimum atomic E-state index is -2.98. The van der Waals surface area contributed by atoms with Crippen LogP contribution in [0.1, 0.15) is 6.92 Å². The van der Waals surface area contributed by atoms with E-state index in [1.807, 2.05) is 0 Å². The number of hydrogen-bond acceptors (Lipinski definition) is 6. The predicted molar refractivity (Wildman–Crippen MR) is 49.4 cm³/mol. The van der Waals surface area contributed by atoms with Crippen molar-refractivity contribution in [3.8, 4) is 0 Å². The van der Waals surface area contributed by atoms with E-state index in [-0.39, 0.29) is 19.2 Å². The molecule has 0 aliphatic rings. The lowest BCUT2D eigenvalue weighted by atomic mass is 10.7. The van der Waals surface area contributed by atoms with E-state index in [1.165, 1.54) is 28.3 Å². The molecule has 0 radical (unpaired) electrons. The van der Waals surface area contributed by atoms with Gasteiger partial charge in [0.2, 0.25) is 0 Å². The molecule has 0 fully saturated rings. The molecule has 0 amide bonds. The van der Waals surface area contributed by atoms with Crippen LogP contribution in [0.4, 0.5) is 0 Å². The SMILES string of the molecule is CO[Si](OC)(OC)OCCOC(C)=O. The Labute approximate surface area is 84.5 Å². The van der Waals surface area contributed by atoms with E-state index in [4.69, 9.17) is 17.7 Å². The summed E-state index contributed by atoms with van der Waals surface area (Å²) in [5.74, 6) is -0.354. The van der Waals surface area contributed by atoms with Crippen molar-refractivity contribution in [1.29, 1.82) is 0 Å². The summed E-state index contributed by atoms with van der Waals surface area (Å²) < 4.78 is 24.8.